The number of fused-ring (bicyclic) bond motifs is 1. The summed E-state index contributed by atoms with van der Waals surface area (Å²) >= 11 is 0. The molecule has 0 fully saturated rings. The van der Waals surface area contributed by atoms with E-state index in [9.17, 15) is 19.7 Å². The first-order chi connectivity index (χ1) is 14.3. The molecule has 3 rings (SSSR count). The molecule has 2 heterocycles. The molecule has 3 aromatic rings. The van der Waals surface area contributed by atoms with Crippen molar-refractivity contribution in [2.75, 3.05) is 0 Å². The maximum atomic E-state index is 12.8. The number of hydrogen-bond acceptors (Lipinski definition) is 7. The van der Waals surface area contributed by atoms with Crippen molar-refractivity contribution in [3.8, 4) is 11.4 Å². The molecule has 0 aliphatic carbocycles. The Morgan fingerprint density at radius 3 is 2.19 bits per heavy atom. The summed E-state index contributed by atoms with van der Waals surface area (Å²) in [7, 11) is 0. The number of benzene rings is 1. The second-order valence-corrected chi connectivity index (χ2v) is 8.94. The van der Waals surface area contributed by atoms with Crippen LogP contribution in [0.25, 0.3) is 22.3 Å². The zero-order valence-electron chi connectivity index (χ0n) is 18.2. The first kappa shape index (κ1) is 22.0. The molecule has 0 aliphatic heterocycles. The molecule has 0 amide bonds. The fourth-order valence-electron chi connectivity index (χ4n) is 2.89. The highest BCUT2D eigenvalue weighted by Gasteiger charge is 2.27. The molecule has 0 saturated heterocycles. The average Bonchev–Trinajstić information content (AvgIpc) is 3.22. The van der Waals surface area contributed by atoms with Gasteiger partial charge >= 0.3 is 12.2 Å². The van der Waals surface area contributed by atoms with Crippen LogP contribution in [0.4, 0.5) is 15.3 Å². The first-order valence-electron chi connectivity index (χ1n) is 9.58. The Morgan fingerprint density at radius 2 is 1.61 bits per heavy atom. The maximum absolute atomic E-state index is 12.8. The lowest BCUT2D eigenvalue weighted by molar-refractivity contribution is -0.384. The number of hydrogen-bond donors (Lipinski definition) is 0. The van der Waals surface area contributed by atoms with Gasteiger partial charge in [0, 0.05) is 23.7 Å². The van der Waals surface area contributed by atoms with Crippen LogP contribution in [0.15, 0.2) is 36.5 Å². The molecule has 31 heavy (non-hydrogen) atoms. The van der Waals surface area contributed by atoms with Crippen LogP contribution in [0.5, 0.6) is 0 Å². The third-order valence-electron chi connectivity index (χ3n) is 4.02. The zero-order chi connectivity index (χ0) is 23.1. The number of non-ortho nitro benzene ring substituents is 1. The summed E-state index contributed by atoms with van der Waals surface area (Å²) in [6.45, 7) is 10.4. The number of nitrogens with zero attached hydrogens (tertiary/aromatic N) is 4. The lowest BCUT2D eigenvalue weighted by Gasteiger charge is -2.20. The van der Waals surface area contributed by atoms with E-state index in [4.69, 9.17) is 9.47 Å². The Hall–Kier alpha value is -3.69. The number of aromatic nitrogens is 3. The van der Waals surface area contributed by atoms with Gasteiger partial charge in [0.1, 0.15) is 16.9 Å². The summed E-state index contributed by atoms with van der Waals surface area (Å²) in [6, 6.07) is 7.34. The van der Waals surface area contributed by atoms with Crippen molar-refractivity contribution in [1.82, 2.24) is 14.3 Å². The molecule has 0 unspecified atom stereocenters. The molecule has 164 valence electrons. The molecule has 0 N–H and O–H groups in total. The minimum atomic E-state index is -0.799. The normalized spacial score (nSPS) is 12.1. The molecule has 2 aromatic heterocycles. The molecule has 0 spiro atoms. The topological polar surface area (TPSA) is 118 Å². The van der Waals surface area contributed by atoms with Crippen molar-refractivity contribution in [3.05, 3.63) is 46.6 Å². The summed E-state index contributed by atoms with van der Waals surface area (Å²) in [5, 5.41) is 16.1. The van der Waals surface area contributed by atoms with Crippen LogP contribution in [0, 0.1) is 10.1 Å². The predicted molar refractivity (Wildman–Crippen MR) is 113 cm³/mol. The van der Waals surface area contributed by atoms with Gasteiger partial charge in [-0.05, 0) is 59.7 Å². The van der Waals surface area contributed by atoms with Crippen LogP contribution in [0.2, 0.25) is 0 Å². The van der Waals surface area contributed by atoms with E-state index >= 15 is 0 Å². The summed E-state index contributed by atoms with van der Waals surface area (Å²) in [4.78, 5) is 36.1. The van der Waals surface area contributed by atoms with Crippen LogP contribution in [-0.2, 0) is 9.47 Å². The second kappa shape index (κ2) is 7.53. The Kier molecular flexibility index (Phi) is 5.35. The Balaban J connectivity index is 2.19. The summed E-state index contributed by atoms with van der Waals surface area (Å²) < 4.78 is 13.1. The van der Waals surface area contributed by atoms with Gasteiger partial charge in [0.25, 0.3) is 5.69 Å². The molecule has 0 aliphatic rings. The molecule has 0 radical (unpaired) electrons. The monoisotopic (exact) mass is 428 g/mol. The quantitative estimate of drug-likeness (QED) is 0.417. The number of rotatable bonds is 2. The van der Waals surface area contributed by atoms with E-state index in [1.165, 1.54) is 29.0 Å². The van der Waals surface area contributed by atoms with Crippen LogP contribution in [0.3, 0.4) is 0 Å². The Labute approximate surface area is 178 Å². The Morgan fingerprint density at radius 1 is 1.00 bits per heavy atom. The molecular formula is C21H24N4O6. The van der Waals surface area contributed by atoms with Gasteiger partial charge in [-0.1, -0.05) is 0 Å². The van der Waals surface area contributed by atoms with E-state index in [1.807, 2.05) is 0 Å². The van der Waals surface area contributed by atoms with Crippen molar-refractivity contribution in [2.24, 2.45) is 0 Å². The zero-order valence-corrected chi connectivity index (χ0v) is 18.2. The lowest BCUT2D eigenvalue weighted by atomic mass is 10.1. The first-order valence-corrected chi connectivity index (χ1v) is 9.58. The van der Waals surface area contributed by atoms with Gasteiger partial charge < -0.3 is 9.47 Å². The summed E-state index contributed by atoms with van der Waals surface area (Å²) in [5.41, 5.74) is -0.867. The third-order valence-corrected chi connectivity index (χ3v) is 4.02. The molecule has 0 saturated carbocycles. The van der Waals surface area contributed by atoms with E-state index in [0.717, 1.165) is 4.68 Å². The largest absolute Gasteiger partial charge is 0.443 e. The summed E-state index contributed by atoms with van der Waals surface area (Å²) in [5.74, 6) is 0. The number of ether oxygens (including phenoxy) is 2. The maximum Gasteiger partial charge on any atom is 0.435 e. The second-order valence-electron chi connectivity index (χ2n) is 8.94. The van der Waals surface area contributed by atoms with E-state index < -0.39 is 28.3 Å². The van der Waals surface area contributed by atoms with Crippen LogP contribution in [-0.4, -0.2) is 42.7 Å². The SMILES string of the molecule is CC(C)(C)OC(=O)n1cccc1-c1nn(C(=O)OC(C)(C)C)c2cc([N+](=O)[O-])ccc12. The van der Waals surface area contributed by atoms with Gasteiger partial charge in [-0.25, -0.2) is 9.59 Å². The highest BCUT2D eigenvalue weighted by atomic mass is 16.6. The fraction of sp³-hybridized carbons (Fsp3) is 0.381. The number of carbonyl (C=O) groups is 2. The Bertz CT molecular complexity index is 1180. The van der Waals surface area contributed by atoms with Crippen LogP contribution >= 0.6 is 0 Å². The number of nitro groups is 1. The standard InChI is InChI=1S/C21H24N4O6/c1-20(2,3)30-18(26)23-11-7-8-15(23)17-14-10-9-13(25(28)29)12-16(14)24(22-17)19(27)31-21(4,5)6/h7-12H,1-6H3. The van der Waals surface area contributed by atoms with E-state index in [2.05, 4.69) is 5.10 Å². The predicted octanol–water partition coefficient (Wildman–Crippen LogP) is 4.98. The number of nitro benzene ring substituents is 1. The van der Waals surface area contributed by atoms with E-state index in [1.54, 1.807) is 53.7 Å². The van der Waals surface area contributed by atoms with Gasteiger partial charge in [0.05, 0.1) is 16.1 Å². The lowest BCUT2D eigenvalue weighted by Crippen LogP contribution is -2.28. The molecular weight excluding hydrogens is 404 g/mol. The van der Waals surface area contributed by atoms with Crippen LogP contribution < -0.4 is 0 Å². The minimum Gasteiger partial charge on any atom is -0.443 e. The number of carbonyl (C=O) groups excluding carboxylic acids is 2. The van der Waals surface area contributed by atoms with Crippen molar-refractivity contribution in [3.63, 3.8) is 0 Å². The summed E-state index contributed by atoms with van der Waals surface area (Å²) in [6.07, 6.45) is 0.113. The fourth-order valence-corrected chi connectivity index (χ4v) is 2.89. The van der Waals surface area contributed by atoms with Gasteiger partial charge in [-0.15, -0.1) is 0 Å². The van der Waals surface area contributed by atoms with Crippen molar-refractivity contribution in [1.29, 1.82) is 0 Å². The van der Waals surface area contributed by atoms with Crippen molar-refractivity contribution < 1.29 is 24.0 Å². The highest BCUT2D eigenvalue weighted by molar-refractivity contribution is 5.99. The molecule has 10 heteroatoms. The third kappa shape index (κ3) is 4.73. The van der Waals surface area contributed by atoms with Gasteiger partial charge in [0.15, 0.2) is 0 Å². The van der Waals surface area contributed by atoms with Gasteiger partial charge in [-0.3, -0.25) is 14.7 Å². The van der Waals surface area contributed by atoms with E-state index in [-0.39, 0.29) is 16.9 Å². The van der Waals surface area contributed by atoms with Crippen molar-refractivity contribution >= 4 is 28.8 Å². The molecule has 1 aromatic carbocycles. The molecule has 0 bridgehead atoms. The van der Waals surface area contributed by atoms with Crippen molar-refractivity contribution in [2.45, 2.75) is 52.7 Å². The smallest absolute Gasteiger partial charge is 0.435 e. The molecule has 10 nitrogen and oxygen atoms in total. The van der Waals surface area contributed by atoms with Gasteiger partial charge in [0.2, 0.25) is 0 Å². The highest BCUT2D eigenvalue weighted by Crippen LogP contribution is 2.32. The van der Waals surface area contributed by atoms with Gasteiger partial charge in [-0.2, -0.15) is 9.78 Å². The van der Waals surface area contributed by atoms with E-state index in [0.29, 0.717) is 11.1 Å². The average molecular weight is 428 g/mol. The molecule has 0 atom stereocenters. The minimum absolute atomic E-state index is 0.190. The van der Waals surface area contributed by atoms with Crippen LogP contribution in [0.1, 0.15) is 41.5 Å².